The van der Waals surface area contributed by atoms with Crippen LogP contribution < -0.4 is 0 Å². The Labute approximate surface area is 222 Å². The summed E-state index contributed by atoms with van der Waals surface area (Å²) < 4.78 is 0. The van der Waals surface area contributed by atoms with Crippen molar-refractivity contribution < 1.29 is 19.2 Å². The topological polar surface area (TPSA) is 87.7 Å². The van der Waals surface area contributed by atoms with E-state index < -0.39 is 37.0 Å². The third-order valence-corrected chi connectivity index (χ3v) is 8.31. The summed E-state index contributed by atoms with van der Waals surface area (Å²) in [6.45, 7) is 6.92. The predicted molar refractivity (Wildman–Crippen MR) is 137 cm³/mol. The summed E-state index contributed by atoms with van der Waals surface area (Å²) in [6, 6.07) is 19.9. The van der Waals surface area contributed by atoms with E-state index in [1.54, 1.807) is 19.6 Å². The average Bonchev–Trinajstić information content (AvgIpc) is 3.29. The zero-order chi connectivity index (χ0) is 26.9. The number of carbonyl (C=O) groups is 4. The number of hydrogen-bond acceptors (Lipinski definition) is 6. The largest absolute Gasteiger partial charge is 0.299 e. The van der Waals surface area contributed by atoms with Gasteiger partial charge in [0.2, 0.25) is 23.6 Å². The number of piperazine rings is 1. The molecule has 4 atom stereocenters. The van der Waals surface area contributed by atoms with Crippen molar-refractivity contribution in [1.82, 2.24) is 29.4 Å². The van der Waals surface area contributed by atoms with E-state index in [9.17, 15) is 19.2 Å². The zero-order valence-corrected chi connectivity index (χ0v) is 22.0. The number of nitrogens with zero attached hydrogens (tertiary/aromatic N) is 6. The lowest BCUT2D eigenvalue weighted by Gasteiger charge is -2.54. The molecule has 7 rings (SSSR count). The molecule has 0 aromatic heterocycles. The van der Waals surface area contributed by atoms with Gasteiger partial charge in [0, 0.05) is 40.8 Å². The van der Waals surface area contributed by atoms with Crippen molar-refractivity contribution in [3.05, 3.63) is 71.8 Å². The van der Waals surface area contributed by atoms with Crippen LogP contribution in [0.15, 0.2) is 60.7 Å². The van der Waals surface area contributed by atoms with E-state index in [0.29, 0.717) is 13.1 Å². The molecule has 0 saturated carbocycles. The van der Waals surface area contributed by atoms with Gasteiger partial charge < -0.3 is 0 Å². The summed E-state index contributed by atoms with van der Waals surface area (Å²) in [5, 5.41) is 0. The first-order chi connectivity index (χ1) is 18.2. The molecule has 6 bridgehead atoms. The molecule has 198 valence electrons. The van der Waals surface area contributed by atoms with E-state index in [1.165, 1.54) is 27.7 Å². The van der Waals surface area contributed by atoms with E-state index in [4.69, 9.17) is 0 Å². The van der Waals surface area contributed by atoms with Crippen LogP contribution >= 0.6 is 0 Å². The Morgan fingerprint density at radius 1 is 0.474 bits per heavy atom. The standard InChI is InChI=1S/C28H32N6O4/c1-17(35)31-24-25-30(16-22-13-9-6-10-14-22)23(29(24)15-21-11-7-5-8-12-21)26-33(19(3)37)27(31)28(32(25)18(2)36)34(26)20(4)38/h5-14,23-28H,15-16H2,1-4H3. The van der Waals surface area contributed by atoms with Crippen molar-refractivity contribution in [2.24, 2.45) is 0 Å². The molecule has 38 heavy (non-hydrogen) atoms. The number of rotatable bonds is 4. The Hall–Kier alpha value is -3.76. The van der Waals surface area contributed by atoms with Crippen LogP contribution in [0.3, 0.4) is 0 Å². The molecule has 10 heteroatoms. The van der Waals surface area contributed by atoms with Crippen LogP contribution in [0, 0.1) is 0 Å². The molecule has 4 amide bonds. The Bertz CT molecular complexity index is 1190. The Morgan fingerprint density at radius 3 is 1.08 bits per heavy atom. The van der Waals surface area contributed by atoms with Crippen LogP contribution in [0.2, 0.25) is 0 Å². The first-order valence-electron chi connectivity index (χ1n) is 13.0. The lowest BCUT2D eigenvalue weighted by Crippen LogP contribution is -2.75. The lowest BCUT2D eigenvalue weighted by molar-refractivity contribution is -0.186. The molecule has 0 aliphatic carbocycles. The minimum absolute atomic E-state index is 0.200. The van der Waals surface area contributed by atoms with Gasteiger partial charge in [-0.3, -0.25) is 48.6 Å². The van der Waals surface area contributed by atoms with Gasteiger partial charge in [-0.1, -0.05) is 60.7 Å². The van der Waals surface area contributed by atoms with Gasteiger partial charge in [-0.05, 0) is 11.1 Å². The minimum Gasteiger partial charge on any atom is -0.299 e. The second kappa shape index (κ2) is 8.92. The summed E-state index contributed by atoms with van der Waals surface area (Å²) >= 11 is 0. The van der Waals surface area contributed by atoms with Crippen molar-refractivity contribution in [3.63, 3.8) is 0 Å². The van der Waals surface area contributed by atoms with Crippen LogP contribution in [0.5, 0.6) is 0 Å². The van der Waals surface area contributed by atoms with E-state index in [1.807, 2.05) is 60.7 Å². The van der Waals surface area contributed by atoms with Gasteiger partial charge >= 0.3 is 0 Å². The van der Waals surface area contributed by atoms with E-state index in [0.717, 1.165) is 11.1 Å². The van der Waals surface area contributed by atoms with Crippen molar-refractivity contribution in [1.29, 1.82) is 0 Å². The molecule has 2 aromatic carbocycles. The predicted octanol–water partition coefficient (Wildman–Crippen LogP) is 1.40. The number of hydrogen-bond donors (Lipinski definition) is 0. The van der Waals surface area contributed by atoms with Crippen molar-refractivity contribution >= 4 is 23.6 Å². The third kappa shape index (κ3) is 3.40. The van der Waals surface area contributed by atoms with Crippen molar-refractivity contribution in [2.45, 2.75) is 77.8 Å². The van der Waals surface area contributed by atoms with Crippen LogP contribution in [0.25, 0.3) is 0 Å². The third-order valence-electron chi connectivity index (χ3n) is 8.31. The highest BCUT2D eigenvalue weighted by molar-refractivity contribution is 5.84. The van der Waals surface area contributed by atoms with Crippen LogP contribution in [-0.2, 0) is 32.3 Å². The van der Waals surface area contributed by atoms with Gasteiger partial charge in [-0.15, -0.1) is 0 Å². The molecular weight excluding hydrogens is 484 g/mol. The van der Waals surface area contributed by atoms with Crippen LogP contribution in [0.4, 0.5) is 0 Å². The number of carbonyl (C=O) groups excluding carboxylic acids is 4. The summed E-state index contributed by atoms with van der Waals surface area (Å²) in [6.07, 6.45) is -3.62. The van der Waals surface area contributed by atoms with Gasteiger partial charge in [0.05, 0.1) is 0 Å². The fourth-order valence-electron chi connectivity index (χ4n) is 7.14. The normalized spacial score (nSPS) is 29.8. The molecule has 0 N–H and O–H groups in total. The maximum Gasteiger partial charge on any atom is 0.222 e. The summed E-state index contributed by atoms with van der Waals surface area (Å²) in [7, 11) is 0. The molecule has 5 aliphatic rings. The number of benzene rings is 2. The molecule has 0 radical (unpaired) electrons. The van der Waals surface area contributed by atoms with Gasteiger partial charge in [-0.25, -0.2) is 0 Å². The second-order valence-electron chi connectivity index (χ2n) is 10.5. The van der Waals surface area contributed by atoms with Gasteiger partial charge in [0.25, 0.3) is 0 Å². The first kappa shape index (κ1) is 24.6. The maximum atomic E-state index is 13.4. The molecule has 4 unspecified atom stereocenters. The van der Waals surface area contributed by atoms with Gasteiger partial charge in [0.1, 0.15) is 37.0 Å². The Kier molecular flexibility index (Phi) is 5.77. The Balaban J connectivity index is 1.61. The summed E-state index contributed by atoms with van der Waals surface area (Å²) in [5.74, 6) is -0.884. The van der Waals surface area contributed by atoms with Crippen LogP contribution in [-0.4, -0.2) is 90.0 Å². The summed E-state index contributed by atoms with van der Waals surface area (Å²) in [5.41, 5.74) is 2.08. The number of amides is 4. The molecular formula is C28H32N6O4. The second-order valence-corrected chi connectivity index (χ2v) is 10.5. The lowest BCUT2D eigenvalue weighted by atomic mass is 10.1. The van der Waals surface area contributed by atoms with Crippen molar-refractivity contribution in [3.8, 4) is 0 Å². The average molecular weight is 517 g/mol. The smallest absolute Gasteiger partial charge is 0.222 e. The van der Waals surface area contributed by atoms with Gasteiger partial charge in [0.15, 0.2) is 0 Å². The van der Waals surface area contributed by atoms with Crippen LogP contribution in [0.1, 0.15) is 38.8 Å². The van der Waals surface area contributed by atoms with E-state index >= 15 is 0 Å². The highest BCUT2D eigenvalue weighted by Crippen LogP contribution is 2.52. The molecule has 5 saturated heterocycles. The van der Waals surface area contributed by atoms with E-state index in [2.05, 4.69) is 9.80 Å². The molecule has 0 spiro atoms. The molecule has 5 aliphatic heterocycles. The molecule has 5 fully saturated rings. The maximum absolute atomic E-state index is 13.4. The molecule has 10 nitrogen and oxygen atoms in total. The monoisotopic (exact) mass is 516 g/mol. The minimum atomic E-state index is -0.758. The SMILES string of the molecule is CC(=O)N1C2C3N(Cc4ccccc4)C(C4N(C(C)=O)C1C(N3C(C)=O)N4C(C)=O)N2Cc1ccccc1. The zero-order valence-electron chi connectivity index (χ0n) is 22.0. The fraction of sp³-hybridized carbons (Fsp3) is 0.429. The van der Waals surface area contributed by atoms with E-state index in [-0.39, 0.29) is 23.6 Å². The summed E-state index contributed by atoms with van der Waals surface area (Å²) in [4.78, 5) is 64.6. The molecule has 2 aromatic rings. The molecule has 5 heterocycles. The Morgan fingerprint density at radius 2 is 0.763 bits per heavy atom. The quantitative estimate of drug-likeness (QED) is 0.611. The first-order valence-corrected chi connectivity index (χ1v) is 13.0. The highest BCUT2D eigenvalue weighted by Gasteiger charge is 2.74. The highest BCUT2D eigenvalue weighted by atomic mass is 16.2. The van der Waals surface area contributed by atoms with Crippen molar-refractivity contribution in [2.75, 3.05) is 0 Å². The van der Waals surface area contributed by atoms with Gasteiger partial charge in [-0.2, -0.15) is 0 Å². The fourth-order valence-corrected chi connectivity index (χ4v) is 7.14.